The van der Waals surface area contributed by atoms with Crippen molar-refractivity contribution in [2.75, 3.05) is 6.54 Å². The largest absolute Gasteiger partial charge is 0.357 e. The molecule has 1 aliphatic rings. The summed E-state index contributed by atoms with van der Waals surface area (Å²) in [6.07, 6.45) is 2.45. The molecule has 0 aliphatic carbocycles. The fourth-order valence-corrected chi connectivity index (χ4v) is 3.62. The van der Waals surface area contributed by atoms with Crippen molar-refractivity contribution in [1.29, 1.82) is 0 Å². The number of amides is 1. The van der Waals surface area contributed by atoms with Gasteiger partial charge in [0, 0.05) is 17.8 Å². The van der Waals surface area contributed by atoms with Crippen molar-refractivity contribution >= 4 is 16.8 Å². The van der Waals surface area contributed by atoms with Gasteiger partial charge in [-0.1, -0.05) is 18.2 Å². The zero-order chi connectivity index (χ0) is 18.3. The van der Waals surface area contributed by atoms with Crippen molar-refractivity contribution < 1.29 is 18.0 Å². The molecule has 1 aromatic heterocycles. The lowest BCUT2D eigenvalue weighted by Gasteiger charge is -2.35. The van der Waals surface area contributed by atoms with E-state index in [-0.39, 0.29) is 6.04 Å². The number of hydrogen-bond acceptors (Lipinski definition) is 1. The number of aromatic nitrogens is 1. The average Bonchev–Trinajstić information content (AvgIpc) is 3.10. The molecule has 1 amide bonds. The summed E-state index contributed by atoms with van der Waals surface area (Å²) in [5.41, 5.74) is 1.38. The minimum atomic E-state index is -1.62. The van der Waals surface area contributed by atoms with E-state index in [4.69, 9.17) is 0 Å². The van der Waals surface area contributed by atoms with E-state index >= 15 is 0 Å². The van der Waals surface area contributed by atoms with Gasteiger partial charge < -0.3 is 9.88 Å². The van der Waals surface area contributed by atoms with E-state index in [0.717, 1.165) is 48.0 Å². The van der Waals surface area contributed by atoms with Crippen molar-refractivity contribution in [2.24, 2.45) is 0 Å². The first-order chi connectivity index (χ1) is 12.6. The molecule has 1 fully saturated rings. The van der Waals surface area contributed by atoms with E-state index in [0.29, 0.717) is 6.54 Å². The number of nitrogens with one attached hydrogen (secondary N) is 1. The molecule has 1 saturated heterocycles. The molecular formula is C20H17F3N2O. The second-order valence-corrected chi connectivity index (χ2v) is 6.54. The third-order valence-corrected chi connectivity index (χ3v) is 4.94. The Morgan fingerprint density at radius 3 is 2.65 bits per heavy atom. The van der Waals surface area contributed by atoms with Gasteiger partial charge in [-0.15, -0.1) is 0 Å². The third-order valence-electron chi connectivity index (χ3n) is 4.94. The van der Waals surface area contributed by atoms with E-state index in [2.05, 4.69) is 4.98 Å². The molecular weight excluding hydrogens is 341 g/mol. The van der Waals surface area contributed by atoms with Crippen LogP contribution in [-0.2, 0) is 0 Å². The summed E-state index contributed by atoms with van der Waals surface area (Å²) in [5.74, 6) is -4.97. The van der Waals surface area contributed by atoms with E-state index in [9.17, 15) is 18.0 Å². The number of benzene rings is 2. The molecule has 3 nitrogen and oxygen atoms in total. The van der Waals surface area contributed by atoms with Gasteiger partial charge in [0.2, 0.25) is 0 Å². The number of hydrogen-bond donors (Lipinski definition) is 1. The second-order valence-electron chi connectivity index (χ2n) is 6.54. The molecule has 6 heteroatoms. The van der Waals surface area contributed by atoms with Crippen molar-refractivity contribution in [1.82, 2.24) is 9.88 Å². The van der Waals surface area contributed by atoms with Crippen LogP contribution in [0.1, 0.15) is 41.4 Å². The number of likely N-dealkylation sites (tertiary alicyclic amines) is 1. The number of carbonyl (C=O) groups excluding carboxylic acids is 1. The molecule has 1 aliphatic heterocycles. The number of rotatable bonds is 2. The van der Waals surface area contributed by atoms with Crippen LogP contribution in [0.15, 0.2) is 42.5 Å². The maximum atomic E-state index is 14.1. The lowest BCUT2D eigenvalue weighted by atomic mass is 9.98. The van der Waals surface area contributed by atoms with Crippen LogP contribution in [0, 0.1) is 17.5 Å². The number of fused-ring (bicyclic) bond motifs is 1. The molecule has 0 saturated carbocycles. The summed E-state index contributed by atoms with van der Waals surface area (Å²) in [6.45, 7) is 0.442. The quantitative estimate of drug-likeness (QED) is 0.646. The smallest absolute Gasteiger partial charge is 0.257 e. The number of nitrogens with zero attached hydrogens (tertiary/aromatic N) is 1. The van der Waals surface area contributed by atoms with Crippen LogP contribution in [0.25, 0.3) is 10.9 Å². The van der Waals surface area contributed by atoms with Crippen LogP contribution >= 0.6 is 0 Å². The Kier molecular flexibility index (Phi) is 4.18. The summed E-state index contributed by atoms with van der Waals surface area (Å²) in [4.78, 5) is 17.7. The maximum Gasteiger partial charge on any atom is 0.257 e. The van der Waals surface area contributed by atoms with Crippen molar-refractivity contribution in [3.05, 3.63) is 71.2 Å². The van der Waals surface area contributed by atoms with Crippen LogP contribution in [0.3, 0.4) is 0 Å². The Morgan fingerprint density at radius 1 is 1.04 bits per heavy atom. The topological polar surface area (TPSA) is 36.1 Å². The van der Waals surface area contributed by atoms with Crippen molar-refractivity contribution in [2.45, 2.75) is 25.3 Å². The first-order valence-corrected chi connectivity index (χ1v) is 8.58. The number of halogens is 3. The summed E-state index contributed by atoms with van der Waals surface area (Å²) < 4.78 is 40.8. The SMILES string of the molecule is O=C(c1ccc(F)c(F)c1F)N1CCCCC1c1cc2ccccc2[nH]1. The molecule has 0 radical (unpaired) electrons. The molecule has 0 spiro atoms. The van der Waals surface area contributed by atoms with Gasteiger partial charge in [-0.2, -0.15) is 0 Å². The molecule has 134 valence electrons. The fourth-order valence-electron chi connectivity index (χ4n) is 3.62. The molecule has 1 N–H and O–H groups in total. The van der Waals surface area contributed by atoms with E-state index in [1.807, 2.05) is 30.3 Å². The highest BCUT2D eigenvalue weighted by molar-refractivity contribution is 5.95. The maximum absolute atomic E-state index is 14.1. The van der Waals surface area contributed by atoms with Gasteiger partial charge in [0.15, 0.2) is 17.5 Å². The lowest BCUT2D eigenvalue weighted by Crippen LogP contribution is -2.39. The molecule has 26 heavy (non-hydrogen) atoms. The van der Waals surface area contributed by atoms with Crippen LogP contribution in [0.2, 0.25) is 0 Å². The standard InChI is InChI=1S/C20H17F3N2O/c21-14-9-8-13(18(22)19(14)23)20(26)25-10-4-3-7-17(25)16-11-12-5-1-2-6-15(12)24-16/h1-2,5-6,8-9,11,17,24H,3-4,7,10H2. The highest BCUT2D eigenvalue weighted by Crippen LogP contribution is 2.34. The normalized spacial score (nSPS) is 17.7. The first kappa shape index (κ1) is 16.7. The van der Waals surface area contributed by atoms with E-state index < -0.39 is 28.9 Å². The molecule has 0 bridgehead atoms. The van der Waals surface area contributed by atoms with Gasteiger partial charge in [0.25, 0.3) is 5.91 Å². The van der Waals surface area contributed by atoms with Gasteiger partial charge in [0.05, 0.1) is 11.6 Å². The zero-order valence-corrected chi connectivity index (χ0v) is 13.9. The molecule has 3 aromatic rings. The van der Waals surface area contributed by atoms with Crippen LogP contribution < -0.4 is 0 Å². The van der Waals surface area contributed by atoms with Gasteiger partial charge in [-0.05, 0) is 48.9 Å². The van der Waals surface area contributed by atoms with Crippen molar-refractivity contribution in [3.63, 3.8) is 0 Å². The number of aromatic amines is 1. The number of carbonyl (C=O) groups is 1. The predicted octanol–water partition coefficient (Wildman–Crippen LogP) is 4.95. The Morgan fingerprint density at radius 2 is 1.85 bits per heavy atom. The van der Waals surface area contributed by atoms with Gasteiger partial charge in [-0.25, -0.2) is 13.2 Å². The third kappa shape index (κ3) is 2.75. The predicted molar refractivity (Wildman–Crippen MR) is 92.2 cm³/mol. The Hall–Kier alpha value is -2.76. The van der Waals surface area contributed by atoms with E-state index in [1.165, 1.54) is 0 Å². The summed E-state index contributed by atoms with van der Waals surface area (Å²) in [5, 5.41) is 1.03. The Bertz CT molecular complexity index is 949. The summed E-state index contributed by atoms with van der Waals surface area (Å²) in [7, 11) is 0. The monoisotopic (exact) mass is 358 g/mol. The highest BCUT2D eigenvalue weighted by atomic mass is 19.2. The summed E-state index contributed by atoms with van der Waals surface area (Å²) in [6, 6.07) is 11.3. The van der Waals surface area contributed by atoms with Crippen LogP contribution in [-0.4, -0.2) is 22.3 Å². The second kappa shape index (κ2) is 6.52. The van der Waals surface area contributed by atoms with E-state index in [1.54, 1.807) is 4.90 Å². The number of piperidine rings is 1. The lowest BCUT2D eigenvalue weighted by molar-refractivity contribution is 0.0600. The number of H-pyrrole nitrogens is 1. The minimum Gasteiger partial charge on any atom is -0.357 e. The Labute approximate surface area is 148 Å². The molecule has 2 aromatic carbocycles. The minimum absolute atomic E-state index is 0.254. The fraction of sp³-hybridized carbons (Fsp3) is 0.250. The van der Waals surface area contributed by atoms with Gasteiger partial charge >= 0.3 is 0 Å². The zero-order valence-electron chi connectivity index (χ0n) is 13.9. The molecule has 1 atom stereocenters. The molecule has 2 heterocycles. The average molecular weight is 358 g/mol. The highest BCUT2D eigenvalue weighted by Gasteiger charge is 2.32. The van der Waals surface area contributed by atoms with Crippen molar-refractivity contribution in [3.8, 4) is 0 Å². The molecule has 1 unspecified atom stereocenters. The van der Waals surface area contributed by atoms with Crippen LogP contribution in [0.5, 0.6) is 0 Å². The first-order valence-electron chi connectivity index (χ1n) is 8.58. The van der Waals surface area contributed by atoms with Gasteiger partial charge in [0.1, 0.15) is 0 Å². The van der Waals surface area contributed by atoms with Crippen LogP contribution in [0.4, 0.5) is 13.2 Å². The number of para-hydroxylation sites is 1. The summed E-state index contributed by atoms with van der Waals surface area (Å²) >= 11 is 0. The molecule has 4 rings (SSSR count). The van der Waals surface area contributed by atoms with Gasteiger partial charge in [-0.3, -0.25) is 4.79 Å². The Balaban J connectivity index is 1.71.